The van der Waals surface area contributed by atoms with Gasteiger partial charge in [-0.05, 0) is 30.6 Å². The molecule has 3 aliphatic carbocycles. The minimum Gasteiger partial charge on any atom is -0.390 e. The average molecular weight is 253 g/mol. The molecular weight excluding hydrogens is 240 g/mol. The molecule has 0 heterocycles. The number of halogens is 1. The first-order valence-corrected chi connectivity index (χ1v) is 7.55. The average Bonchev–Trinajstić information content (AvgIpc) is 2.74. The highest BCUT2D eigenvalue weighted by atomic mass is 35.7. The van der Waals surface area contributed by atoms with Crippen LogP contribution in [-0.2, 0) is 9.05 Å². The first-order chi connectivity index (χ1) is 6.88. The van der Waals surface area contributed by atoms with Crippen LogP contribution in [-0.4, -0.2) is 36.1 Å². The maximum Gasteiger partial charge on any atom is 0.235 e. The van der Waals surface area contributed by atoms with Crippen LogP contribution in [0.25, 0.3) is 0 Å². The van der Waals surface area contributed by atoms with Crippen LogP contribution >= 0.6 is 10.7 Å². The SMILES string of the molecule is O=S(=O)(Cl)[C@H]1C[C@H]2[C@H](O)[C@H](O)[C@@H]1C21CC1. The first-order valence-electron chi connectivity index (χ1n) is 5.17. The van der Waals surface area contributed by atoms with Crippen molar-refractivity contribution in [3.8, 4) is 0 Å². The predicted molar refractivity (Wildman–Crippen MR) is 53.8 cm³/mol. The van der Waals surface area contributed by atoms with Gasteiger partial charge in [0.15, 0.2) is 0 Å². The van der Waals surface area contributed by atoms with Crippen LogP contribution in [0.2, 0.25) is 0 Å². The minimum atomic E-state index is -3.62. The van der Waals surface area contributed by atoms with Gasteiger partial charge in [-0.25, -0.2) is 8.42 Å². The molecule has 15 heavy (non-hydrogen) atoms. The number of hydrogen-bond donors (Lipinski definition) is 2. The maximum absolute atomic E-state index is 11.4. The van der Waals surface area contributed by atoms with E-state index in [1.807, 2.05) is 0 Å². The second-order valence-electron chi connectivity index (χ2n) is 5.10. The Kier molecular flexibility index (Phi) is 1.86. The number of aliphatic hydroxyl groups is 2. The second kappa shape index (κ2) is 2.70. The molecular formula is C9H13ClO4S. The first kappa shape index (κ1) is 10.3. The van der Waals surface area contributed by atoms with Gasteiger partial charge in [0.2, 0.25) is 9.05 Å². The number of hydrogen-bond acceptors (Lipinski definition) is 4. The van der Waals surface area contributed by atoms with E-state index in [1.54, 1.807) is 0 Å². The Morgan fingerprint density at radius 2 is 1.80 bits per heavy atom. The molecule has 0 amide bonds. The normalized spacial score (nSPS) is 51.3. The van der Waals surface area contributed by atoms with E-state index in [-0.39, 0.29) is 17.3 Å². The number of aliphatic hydroxyl groups excluding tert-OH is 2. The zero-order valence-corrected chi connectivity index (χ0v) is 9.58. The lowest BCUT2D eigenvalue weighted by Crippen LogP contribution is -2.41. The highest BCUT2D eigenvalue weighted by Gasteiger charge is 2.73. The summed E-state index contributed by atoms with van der Waals surface area (Å²) < 4.78 is 22.7. The summed E-state index contributed by atoms with van der Waals surface area (Å²) >= 11 is 0. The highest BCUT2D eigenvalue weighted by Crippen LogP contribution is 2.72. The molecule has 3 saturated carbocycles. The molecule has 1 spiro atoms. The fraction of sp³-hybridized carbons (Fsp3) is 1.00. The van der Waals surface area contributed by atoms with Gasteiger partial charge in [-0.2, -0.15) is 0 Å². The van der Waals surface area contributed by atoms with Crippen molar-refractivity contribution in [3.63, 3.8) is 0 Å². The summed E-state index contributed by atoms with van der Waals surface area (Å²) in [6, 6.07) is 0. The Bertz CT molecular complexity index is 402. The minimum absolute atomic E-state index is 0.0731. The zero-order valence-electron chi connectivity index (χ0n) is 8.01. The van der Waals surface area contributed by atoms with Gasteiger partial charge < -0.3 is 10.2 Å². The summed E-state index contributed by atoms with van der Waals surface area (Å²) in [4.78, 5) is 0. The lowest BCUT2D eigenvalue weighted by Gasteiger charge is -2.27. The summed E-state index contributed by atoms with van der Waals surface area (Å²) in [5.41, 5.74) is -0.120. The van der Waals surface area contributed by atoms with Crippen molar-refractivity contribution >= 4 is 19.7 Å². The van der Waals surface area contributed by atoms with Crippen molar-refractivity contribution in [3.05, 3.63) is 0 Å². The van der Waals surface area contributed by atoms with Gasteiger partial charge in [0.05, 0.1) is 17.5 Å². The third-order valence-electron chi connectivity index (χ3n) is 4.61. The lowest BCUT2D eigenvalue weighted by molar-refractivity contribution is -0.0146. The molecule has 0 aromatic rings. The predicted octanol–water partition coefficient (Wildman–Crippen LogP) is 0.0753. The Labute approximate surface area is 92.7 Å². The van der Waals surface area contributed by atoms with E-state index in [2.05, 4.69) is 0 Å². The van der Waals surface area contributed by atoms with Crippen LogP contribution in [0, 0.1) is 17.3 Å². The molecule has 2 bridgehead atoms. The van der Waals surface area contributed by atoms with Crippen molar-refractivity contribution in [2.45, 2.75) is 36.7 Å². The molecule has 0 aromatic heterocycles. The smallest absolute Gasteiger partial charge is 0.235 e. The fourth-order valence-electron chi connectivity index (χ4n) is 3.88. The summed E-state index contributed by atoms with van der Waals surface area (Å²) in [6.45, 7) is 0. The molecule has 3 rings (SSSR count). The summed E-state index contributed by atoms with van der Waals surface area (Å²) in [6.07, 6.45) is 0.574. The van der Waals surface area contributed by atoms with Gasteiger partial charge >= 0.3 is 0 Å². The van der Waals surface area contributed by atoms with Gasteiger partial charge in [-0.15, -0.1) is 0 Å². The molecule has 3 fully saturated rings. The standard InChI is InChI=1S/C9H13ClO4S/c10-15(13,14)5-3-4-7(11)8(12)6(5)9(4)1-2-9/h4-8,11-12H,1-3H2/t4-,5-,6+,7-,8+/m0/s1. The van der Waals surface area contributed by atoms with Crippen molar-refractivity contribution in [1.29, 1.82) is 0 Å². The third-order valence-corrected chi connectivity index (χ3v) is 6.50. The molecule has 3 aliphatic rings. The van der Waals surface area contributed by atoms with E-state index in [0.717, 1.165) is 12.8 Å². The Morgan fingerprint density at radius 1 is 1.20 bits per heavy atom. The molecule has 0 saturated heterocycles. The van der Waals surface area contributed by atoms with Gasteiger partial charge in [0, 0.05) is 16.6 Å². The molecule has 4 nitrogen and oxygen atoms in total. The summed E-state index contributed by atoms with van der Waals surface area (Å²) in [7, 11) is 1.76. The molecule has 0 radical (unpaired) electrons. The highest BCUT2D eigenvalue weighted by molar-refractivity contribution is 8.14. The van der Waals surface area contributed by atoms with Crippen LogP contribution in [0.5, 0.6) is 0 Å². The van der Waals surface area contributed by atoms with E-state index in [1.165, 1.54) is 0 Å². The number of rotatable bonds is 1. The Balaban J connectivity index is 2.03. The third kappa shape index (κ3) is 1.12. The lowest BCUT2D eigenvalue weighted by atomic mass is 9.94. The van der Waals surface area contributed by atoms with E-state index in [9.17, 15) is 18.6 Å². The molecule has 0 unspecified atom stereocenters. The van der Waals surface area contributed by atoms with E-state index >= 15 is 0 Å². The fourth-order valence-corrected chi connectivity index (χ4v) is 5.65. The van der Waals surface area contributed by atoms with Gasteiger partial charge in [0.25, 0.3) is 0 Å². The summed E-state index contributed by atoms with van der Waals surface area (Å²) in [5.74, 6) is -0.420. The van der Waals surface area contributed by atoms with Crippen LogP contribution in [0.1, 0.15) is 19.3 Å². The Hall–Kier alpha value is 0.160. The quantitative estimate of drug-likeness (QED) is 0.648. The van der Waals surface area contributed by atoms with Gasteiger partial charge in [-0.3, -0.25) is 0 Å². The molecule has 0 aromatic carbocycles. The van der Waals surface area contributed by atoms with Gasteiger partial charge in [-0.1, -0.05) is 0 Å². The van der Waals surface area contributed by atoms with Crippen molar-refractivity contribution in [2.75, 3.05) is 0 Å². The van der Waals surface area contributed by atoms with Crippen LogP contribution in [0.4, 0.5) is 0 Å². The molecule has 86 valence electrons. The molecule has 2 N–H and O–H groups in total. The Morgan fingerprint density at radius 3 is 2.20 bits per heavy atom. The van der Waals surface area contributed by atoms with Crippen LogP contribution in [0.15, 0.2) is 0 Å². The molecule has 5 atom stereocenters. The largest absolute Gasteiger partial charge is 0.390 e. The molecule has 0 aliphatic heterocycles. The zero-order chi connectivity index (χ0) is 11.0. The van der Waals surface area contributed by atoms with E-state index < -0.39 is 26.5 Å². The second-order valence-corrected chi connectivity index (χ2v) is 7.94. The molecule has 6 heteroatoms. The monoisotopic (exact) mass is 252 g/mol. The van der Waals surface area contributed by atoms with Crippen LogP contribution < -0.4 is 0 Å². The van der Waals surface area contributed by atoms with Crippen molar-refractivity contribution in [1.82, 2.24) is 0 Å². The van der Waals surface area contributed by atoms with Crippen molar-refractivity contribution in [2.24, 2.45) is 17.3 Å². The van der Waals surface area contributed by atoms with Gasteiger partial charge in [0.1, 0.15) is 0 Å². The van der Waals surface area contributed by atoms with E-state index in [0.29, 0.717) is 6.42 Å². The van der Waals surface area contributed by atoms with Crippen molar-refractivity contribution < 1.29 is 18.6 Å². The summed E-state index contributed by atoms with van der Waals surface area (Å²) in [5, 5.41) is 18.9. The topological polar surface area (TPSA) is 74.6 Å². The maximum atomic E-state index is 11.4. The van der Waals surface area contributed by atoms with E-state index in [4.69, 9.17) is 10.7 Å². The van der Waals surface area contributed by atoms with Crippen LogP contribution in [0.3, 0.4) is 0 Å².